The molecule has 2 aliphatic heterocycles. The summed E-state index contributed by atoms with van der Waals surface area (Å²) in [6.07, 6.45) is 0.853. The molecule has 3 aromatic rings. The molecule has 2 fully saturated rings. The van der Waals surface area contributed by atoms with Gasteiger partial charge in [-0.2, -0.15) is 0 Å². The molecule has 2 saturated heterocycles. The van der Waals surface area contributed by atoms with Crippen molar-refractivity contribution in [2.45, 2.75) is 57.2 Å². The largest absolute Gasteiger partial charge is 0.340 e. The zero-order valence-electron chi connectivity index (χ0n) is 22.4. The van der Waals surface area contributed by atoms with E-state index in [9.17, 15) is 19.2 Å². The maximum Gasteiger partial charge on any atom is 0.254 e. The van der Waals surface area contributed by atoms with Crippen molar-refractivity contribution in [3.05, 3.63) is 93.7 Å². The minimum atomic E-state index is -0.830. The molecule has 3 amide bonds. The molecule has 0 aliphatic carbocycles. The van der Waals surface area contributed by atoms with E-state index in [0.29, 0.717) is 30.5 Å². The van der Waals surface area contributed by atoms with Crippen molar-refractivity contribution in [3.8, 4) is 0 Å². The van der Waals surface area contributed by atoms with E-state index in [1.54, 1.807) is 46.2 Å². The standard InChI is InChI=1S/C31H33N3O4S/c1-31(2,3)22-13-11-20(12-14-22)28(36)32-24(18-23-10-7-17-39-23)30(38)33-16-15-25-27(33)26(35)19-34(25)29(37)21-8-5-4-6-9-21/h4-14,17,24-25,27H,15-16,18-19H2,1-3H3,(H,32,36)/t24-,25+,27-/m0/s1. The summed E-state index contributed by atoms with van der Waals surface area (Å²) in [5.74, 6) is -0.973. The summed E-state index contributed by atoms with van der Waals surface area (Å²) in [5, 5.41) is 4.88. The minimum Gasteiger partial charge on any atom is -0.340 e. The molecular formula is C31H33N3O4S. The molecule has 7 nitrogen and oxygen atoms in total. The molecule has 0 radical (unpaired) electrons. The molecule has 5 rings (SSSR count). The average molecular weight is 544 g/mol. The van der Waals surface area contributed by atoms with Crippen LogP contribution in [-0.2, 0) is 21.4 Å². The maximum atomic E-state index is 13.9. The topological polar surface area (TPSA) is 86.8 Å². The Balaban J connectivity index is 1.35. The molecule has 2 aliphatic rings. The predicted octanol–water partition coefficient (Wildman–Crippen LogP) is 4.08. The summed E-state index contributed by atoms with van der Waals surface area (Å²) in [6.45, 7) is 6.67. The van der Waals surface area contributed by atoms with Gasteiger partial charge in [-0.15, -0.1) is 11.3 Å². The Morgan fingerprint density at radius 1 is 0.949 bits per heavy atom. The van der Waals surface area contributed by atoms with E-state index in [1.165, 1.54) is 11.3 Å². The molecule has 3 heterocycles. The van der Waals surface area contributed by atoms with E-state index in [2.05, 4.69) is 26.1 Å². The number of hydrogen-bond acceptors (Lipinski definition) is 5. The second-order valence-corrected chi connectivity index (χ2v) is 12.3. The molecule has 0 unspecified atom stereocenters. The van der Waals surface area contributed by atoms with Gasteiger partial charge in [0.25, 0.3) is 11.8 Å². The van der Waals surface area contributed by atoms with Gasteiger partial charge >= 0.3 is 0 Å². The Kier molecular flexibility index (Phi) is 7.40. The lowest BCUT2D eigenvalue weighted by Gasteiger charge is -2.28. The second-order valence-electron chi connectivity index (χ2n) is 11.2. The van der Waals surface area contributed by atoms with Crippen LogP contribution in [0, 0.1) is 0 Å². The van der Waals surface area contributed by atoms with Crippen LogP contribution in [0.5, 0.6) is 0 Å². The monoisotopic (exact) mass is 543 g/mol. The van der Waals surface area contributed by atoms with Crippen LogP contribution in [0.25, 0.3) is 0 Å². The lowest BCUT2D eigenvalue weighted by molar-refractivity contribution is -0.138. The summed E-state index contributed by atoms with van der Waals surface area (Å²) >= 11 is 1.52. The number of thiophene rings is 1. The number of amides is 3. The van der Waals surface area contributed by atoms with Crippen molar-refractivity contribution in [1.82, 2.24) is 15.1 Å². The highest BCUT2D eigenvalue weighted by atomic mass is 32.1. The zero-order chi connectivity index (χ0) is 27.7. The number of rotatable bonds is 6. The van der Waals surface area contributed by atoms with Crippen LogP contribution >= 0.6 is 11.3 Å². The Morgan fingerprint density at radius 2 is 1.67 bits per heavy atom. The van der Waals surface area contributed by atoms with Gasteiger partial charge in [0, 0.05) is 29.0 Å². The third-order valence-electron chi connectivity index (χ3n) is 7.59. The molecule has 39 heavy (non-hydrogen) atoms. The van der Waals surface area contributed by atoms with Crippen molar-refractivity contribution >= 4 is 34.8 Å². The first-order chi connectivity index (χ1) is 18.6. The molecular weight excluding hydrogens is 510 g/mol. The van der Waals surface area contributed by atoms with E-state index in [-0.39, 0.29) is 41.5 Å². The lowest BCUT2D eigenvalue weighted by Crippen LogP contribution is -2.53. The van der Waals surface area contributed by atoms with Gasteiger partial charge < -0.3 is 15.1 Å². The number of hydrogen-bond donors (Lipinski definition) is 1. The van der Waals surface area contributed by atoms with E-state index in [4.69, 9.17) is 0 Å². The molecule has 2 aromatic carbocycles. The van der Waals surface area contributed by atoms with Crippen LogP contribution in [0.1, 0.15) is 58.3 Å². The van der Waals surface area contributed by atoms with Crippen molar-refractivity contribution < 1.29 is 19.2 Å². The highest BCUT2D eigenvalue weighted by molar-refractivity contribution is 7.09. The molecule has 0 spiro atoms. The van der Waals surface area contributed by atoms with Gasteiger partial charge in [-0.3, -0.25) is 19.2 Å². The first-order valence-electron chi connectivity index (χ1n) is 13.3. The number of nitrogens with one attached hydrogen (secondary N) is 1. The summed E-state index contributed by atoms with van der Waals surface area (Å²) < 4.78 is 0. The molecule has 1 N–H and O–H groups in total. The van der Waals surface area contributed by atoms with Gasteiger partial charge in [-0.25, -0.2) is 0 Å². The normalized spacial score (nSPS) is 19.6. The third kappa shape index (κ3) is 5.52. The fraction of sp³-hybridized carbons (Fsp3) is 0.355. The zero-order valence-corrected chi connectivity index (χ0v) is 23.2. The first kappa shape index (κ1) is 26.8. The van der Waals surface area contributed by atoms with Gasteiger partial charge in [0.15, 0.2) is 5.78 Å². The van der Waals surface area contributed by atoms with E-state index in [1.807, 2.05) is 35.7 Å². The van der Waals surface area contributed by atoms with Crippen LogP contribution in [0.4, 0.5) is 0 Å². The highest BCUT2D eigenvalue weighted by Crippen LogP contribution is 2.32. The summed E-state index contributed by atoms with van der Waals surface area (Å²) in [6, 6.07) is 18.3. The van der Waals surface area contributed by atoms with Crippen LogP contribution in [0.3, 0.4) is 0 Å². The maximum absolute atomic E-state index is 13.9. The van der Waals surface area contributed by atoms with Crippen LogP contribution in [0.15, 0.2) is 72.1 Å². The summed E-state index contributed by atoms with van der Waals surface area (Å²) in [4.78, 5) is 57.6. The van der Waals surface area contributed by atoms with Gasteiger partial charge in [-0.05, 0) is 53.1 Å². The van der Waals surface area contributed by atoms with Gasteiger partial charge in [0.1, 0.15) is 12.1 Å². The number of carbonyl (C=O) groups excluding carboxylic acids is 4. The molecule has 8 heteroatoms. The van der Waals surface area contributed by atoms with Crippen molar-refractivity contribution in [2.75, 3.05) is 13.1 Å². The van der Waals surface area contributed by atoms with Crippen molar-refractivity contribution in [2.24, 2.45) is 0 Å². The van der Waals surface area contributed by atoms with Crippen LogP contribution in [-0.4, -0.2) is 64.5 Å². The lowest BCUT2D eigenvalue weighted by atomic mass is 9.86. The molecule has 0 saturated carbocycles. The second kappa shape index (κ2) is 10.8. The van der Waals surface area contributed by atoms with E-state index < -0.39 is 12.1 Å². The van der Waals surface area contributed by atoms with Gasteiger partial charge in [0.2, 0.25) is 5.91 Å². The van der Waals surface area contributed by atoms with Crippen molar-refractivity contribution in [3.63, 3.8) is 0 Å². The molecule has 202 valence electrons. The van der Waals surface area contributed by atoms with Gasteiger partial charge in [0.05, 0.1) is 12.6 Å². The van der Waals surface area contributed by atoms with Crippen LogP contribution < -0.4 is 5.32 Å². The number of Topliss-reactive ketones (excluding diaryl/α,β-unsaturated/α-hetero) is 1. The fourth-order valence-electron chi connectivity index (χ4n) is 5.48. The number of fused-ring (bicyclic) bond motifs is 1. The Morgan fingerprint density at radius 3 is 2.31 bits per heavy atom. The smallest absolute Gasteiger partial charge is 0.254 e. The van der Waals surface area contributed by atoms with Crippen molar-refractivity contribution in [1.29, 1.82) is 0 Å². The first-order valence-corrected chi connectivity index (χ1v) is 14.1. The number of carbonyl (C=O) groups is 4. The molecule has 3 atom stereocenters. The SMILES string of the molecule is CC(C)(C)c1ccc(C(=O)N[C@@H](Cc2cccs2)C(=O)N2CC[C@@H]3[C@H]2C(=O)CN3C(=O)c2ccccc2)cc1. The van der Waals surface area contributed by atoms with Gasteiger partial charge in [-0.1, -0.05) is 57.2 Å². The predicted molar refractivity (Wildman–Crippen MR) is 151 cm³/mol. The Labute approximate surface area is 232 Å². The molecule has 1 aromatic heterocycles. The minimum absolute atomic E-state index is 0.0189. The number of ketones is 1. The number of benzene rings is 2. The van der Waals surface area contributed by atoms with E-state index >= 15 is 0 Å². The highest BCUT2D eigenvalue weighted by Gasteiger charge is 2.52. The Bertz CT molecular complexity index is 1360. The third-order valence-corrected chi connectivity index (χ3v) is 8.49. The molecule has 0 bridgehead atoms. The average Bonchev–Trinajstić information content (AvgIpc) is 3.67. The number of likely N-dealkylation sites (tertiary alicyclic amines) is 2. The quantitative estimate of drug-likeness (QED) is 0.508. The fourth-order valence-corrected chi connectivity index (χ4v) is 6.23. The summed E-state index contributed by atoms with van der Waals surface area (Å²) in [7, 11) is 0. The summed E-state index contributed by atoms with van der Waals surface area (Å²) in [5.41, 5.74) is 2.07. The Hall–Kier alpha value is -3.78. The van der Waals surface area contributed by atoms with Crippen LogP contribution in [0.2, 0.25) is 0 Å². The number of nitrogens with zero attached hydrogens (tertiary/aromatic N) is 2. The van der Waals surface area contributed by atoms with E-state index in [0.717, 1.165) is 10.4 Å².